The molecule has 0 saturated carbocycles. The predicted molar refractivity (Wildman–Crippen MR) is 120 cm³/mol. The van der Waals surface area contributed by atoms with Gasteiger partial charge in [-0.1, -0.05) is 49.4 Å². The second-order valence-electron chi connectivity index (χ2n) is 8.05. The first-order chi connectivity index (χ1) is 14.5. The minimum absolute atomic E-state index is 0.0429. The first-order valence-corrected chi connectivity index (χ1v) is 10.6. The summed E-state index contributed by atoms with van der Waals surface area (Å²) in [5.74, 6) is -0.302. The van der Waals surface area contributed by atoms with E-state index in [2.05, 4.69) is 10.2 Å². The number of nitrogens with one attached hydrogen (secondary N) is 1. The van der Waals surface area contributed by atoms with Crippen molar-refractivity contribution >= 4 is 17.5 Å². The van der Waals surface area contributed by atoms with Gasteiger partial charge in [0, 0.05) is 18.8 Å². The minimum Gasteiger partial charge on any atom is -0.369 e. The van der Waals surface area contributed by atoms with Crippen LogP contribution in [0.25, 0.3) is 0 Å². The van der Waals surface area contributed by atoms with Gasteiger partial charge in [0.15, 0.2) is 0 Å². The van der Waals surface area contributed by atoms with Gasteiger partial charge in [-0.05, 0) is 56.2 Å². The Kier molecular flexibility index (Phi) is 7.60. The number of nitrogens with two attached hydrogens (primary N) is 1. The van der Waals surface area contributed by atoms with Crippen molar-refractivity contribution in [3.8, 4) is 0 Å². The molecule has 2 aromatic rings. The van der Waals surface area contributed by atoms with Crippen LogP contribution in [0.1, 0.15) is 36.9 Å². The lowest BCUT2D eigenvalue weighted by molar-refractivity contribution is -0.123. The molecule has 2 unspecified atom stereocenters. The predicted octanol–water partition coefficient (Wildman–Crippen LogP) is 3.02. The van der Waals surface area contributed by atoms with Crippen LogP contribution in [0.4, 0.5) is 5.69 Å². The van der Waals surface area contributed by atoms with Crippen molar-refractivity contribution in [3.05, 3.63) is 65.7 Å². The molecule has 3 rings (SSSR count). The van der Waals surface area contributed by atoms with E-state index in [1.807, 2.05) is 73.5 Å². The maximum atomic E-state index is 13.0. The minimum atomic E-state index is -0.338. The van der Waals surface area contributed by atoms with Gasteiger partial charge in [0.05, 0.1) is 5.92 Å². The third kappa shape index (κ3) is 5.68. The molecular formula is C24H32N4O2. The highest BCUT2D eigenvalue weighted by molar-refractivity contribution is 5.95. The van der Waals surface area contributed by atoms with Crippen LogP contribution in [-0.4, -0.2) is 48.3 Å². The number of hydrogen-bond donors (Lipinski definition) is 2. The molecule has 1 aliphatic heterocycles. The Hall–Kier alpha value is -2.70. The summed E-state index contributed by atoms with van der Waals surface area (Å²) in [4.78, 5) is 28.8. The lowest BCUT2D eigenvalue weighted by Crippen LogP contribution is -2.40. The zero-order valence-electron chi connectivity index (χ0n) is 17.9. The summed E-state index contributed by atoms with van der Waals surface area (Å²) in [7, 11) is 1.96. The van der Waals surface area contributed by atoms with E-state index in [1.54, 1.807) is 0 Å². The molecule has 0 aliphatic carbocycles. The summed E-state index contributed by atoms with van der Waals surface area (Å²) >= 11 is 0. The molecule has 0 aromatic heterocycles. The molecular weight excluding hydrogens is 376 g/mol. The van der Waals surface area contributed by atoms with Crippen LogP contribution in [0.3, 0.4) is 0 Å². The number of likely N-dealkylation sites (N-methyl/N-ethyl adjacent to an activating group) is 1. The van der Waals surface area contributed by atoms with E-state index in [0.717, 1.165) is 55.8 Å². The quantitative estimate of drug-likeness (QED) is 0.704. The molecule has 3 N–H and O–H groups in total. The number of piperidine rings is 1. The summed E-state index contributed by atoms with van der Waals surface area (Å²) in [6, 6.07) is 17.4. The zero-order valence-corrected chi connectivity index (χ0v) is 17.9. The molecule has 0 spiro atoms. The number of hydrogen-bond acceptors (Lipinski definition) is 4. The van der Waals surface area contributed by atoms with E-state index >= 15 is 0 Å². The Morgan fingerprint density at radius 1 is 1.17 bits per heavy atom. The largest absolute Gasteiger partial charge is 0.369 e. The maximum Gasteiger partial charge on any atom is 0.246 e. The maximum absolute atomic E-state index is 13.0. The standard InChI is InChI=1S/C24H32N4O2/c1-3-27(2)22(19-8-5-4-6-9-19)24(30)26-21-13-11-18(12-14-21)16-28-15-7-10-20(17-28)23(25)29/h4-6,8-9,11-14,20,22H,3,7,10,15-17H2,1-2H3,(H2,25,29)(H,26,30). The Morgan fingerprint density at radius 2 is 1.87 bits per heavy atom. The summed E-state index contributed by atoms with van der Waals surface area (Å²) < 4.78 is 0. The molecule has 1 heterocycles. The van der Waals surface area contributed by atoms with Crippen LogP contribution in [0.15, 0.2) is 54.6 Å². The number of benzene rings is 2. The van der Waals surface area contributed by atoms with Crippen molar-refractivity contribution in [2.45, 2.75) is 32.4 Å². The average Bonchev–Trinajstić information content (AvgIpc) is 2.76. The van der Waals surface area contributed by atoms with Gasteiger partial charge in [0.1, 0.15) is 6.04 Å². The van der Waals surface area contributed by atoms with Gasteiger partial charge in [-0.2, -0.15) is 0 Å². The lowest BCUT2D eigenvalue weighted by atomic mass is 9.97. The number of carbonyl (C=O) groups is 2. The fourth-order valence-corrected chi connectivity index (χ4v) is 4.02. The first-order valence-electron chi connectivity index (χ1n) is 10.6. The number of nitrogens with zero attached hydrogens (tertiary/aromatic N) is 2. The SMILES string of the molecule is CCN(C)C(C(=O)Nc1ccc(CN2CCCC(C(N)=O)C2)cc1)c1ccccc1. The van der Waals surface area contributed by atoms with Crippen LogP contribution in [0, 0.1) is 5.92 Å². The molecule has 160 valence electrons. The smallest absolute Gasteiger partial charge is 0.246 e. The van der Waals surface area contributed by atoms with Crippen molar-refractivity contribution < 1.29 is 9.59 Å². The van der Waals surface area contributed by atoms with Crippen molar-refractivity contribution in [2.24, 2.45) is 11.7 Å². The van der Waals surface area contributed by atoms with Crippen LogP contribution >= 0.6 is 0 Å². The van der Waals surface area contributed by atoms with Gasteiger partial charge < -0.3 is 11.1 Å². The van der Waals surface area contributed by atoms with Crippen molar-refractivity contribution in [1.82, 2.24) is 9.80 Å². The second kappa shape index (κ2) is 10.4. The summed E-state index contributed by atoms with van der Waals surface area (Å²) in [5, 5.41) is 3.05. The number of carbonyl (C=O) groups excluding carboxylic acids is 2. The monoisotopic (exact) mass is 408 g/mol. The number of amides is 2. The Bertz CT molecular complexity index is 838. The molecule has 1 fully saturated rings. The van der Waals surface area contributed by atoms with E-state index in [0.29, 0.717) is 0 Å². The third-order valence-electron chi connectivity index (χ3n) is 5.84. The second-order valence-corrected chi connectivity index (χ2v) is 8.05. The fourth-order valence-electron chi connectivity index (χ4n) is 4.02. The Morgan fingerprint density at radius 3 is 2.50 bits per heavy atom. The number of anilines is 1. The van der Waals surface area contributed by atoms with Crippen LogP contribution < -0.4 is 11.1 Å². The molecule has 0 radical (unpaired) electrons. The molecule has 6 heteroatoms. The number of rotatable bonds is 8. The van der Waals surface area contributed by atoms with E-state index in [1.165, 1.54) is 0 Å². The highest BCUT2D eigenvalue weighted by atomic mass is 16.2. The average molecular weight is 409 g/mol. The van der Waals surface area contributed by atoms with Crippen LogP contribution in [0.2, 0.25) is 0 Å². The van der Waals surface area contributed by atoms with E-state index in [9.17, 15) is 9.59 Å². The molecule has 1 aliphatic rings. The van der Waals surface area contributed by atoms with E-state index in [4.69, 9.17) is 5.73 Å². The lowest BCUT2D eigenvalue weighted by Gasteiger charge is -2.31. The number of likely N-dealkylation sites (tertiary alicyclic amines) is 1. The van der Waals surface area contributed by atoms with Crippen molar-refractivity contribution in [3.63, 3.8) is 0 Å². The van der Waals surface area contributed by atoms with Gasteiger partial charge in [-0.3, -0.25) is 19.4 Å². The highest BCUT2D eigenvalue weighted by Crippen LogP contribution is 2.23. The van der Waals surface area contributed by atoms with Gasteiger partial charge in [0.25, 0.3) is 0 Å². The first kappa shape index (κ1) is 22.0. The molecule has 1 saturated heterocycles. The van der Waals surface area contributed by atoms with Crippen molar-refractivity contribution in [2.75, 3.05) is 32.0 Å². The third-order valence-corrected chi connectivity index (χ3v) is 5.84. The van der Waals surface area contributed by atoms with Crippen LogP contribution in [0.5, 0.6) is 0 Å². The van der Waals surface area contributed by atoms with Gasteiger partial charge in [-0.25, -0.2) is 0 Å². The topological polar surface area (TPSA) is 78.7 Å². The van der Waals surface area contributed by atoms with E-state index < -0.39 is 0 Å². The van der Waals surface area contributed by atoms with Crippen LogP contribution in [-0.2, 0) is 16.1 Å². The van der Waals surface area contributed by atoms with E-state index in [-0.39, 0.29) is 23.8 Å². The zero-order chi connectivity index (χ0) is 21.5. The molecule has 0 bridgehead atoms. The highest BCUT2D eigenvalue weighted by Gasteiger charge is 2.25. The Balaban J connectivity index is 1.63. The summed E-state index contributed by atoms with van der Waals surface area (Å²) in [6.45, 7) is 5.29. The molecule has 2 atom stereocenters. The van der Waals surface area contributed by atoms with Gasteiger partial charge in [0.2, 0.25) is 11.8 Å². The molecule has 2 amide bonds. The van der Waals surface area contributed by atoms with Gasteiger partial charge >= 0.3 is 0 Å². The molecule has 30 heavy (non-hydrogen) atoms. The van der Waals surface area contributed by atoms with Crippen molar-refractivity contribution in [1.29, 1.82) is 0 Å². The normalized spacial score (nSPS) is 18.2. The molecule has 2 aromatic carbocycles. The fraction of sp³-hybridized carbons (Fsp3) is 0.417. The Labute approximate surface area is 179 Å². The molecule has 6 nitrogen and oxygen atoms in total. The summed E-state index contributed by atoms with van der Waals surface area (Å²) in [5.41, 5.74) is 8.39. The summed E-state index contributed by atoms with van der Waals surface area (Å²) in [6.07, 6.45) is 1.87. The number of primary amides is 1. The van der Waals surface area contributed by atoms with Gasteiger partial charge in [-0.15, -0.1) is 0 Å².